The standard InChI is InChI=1S/C33H33N2O6S2.HI/c1-23-10-15-28(16-11-23)42(37,38)34(43(39,40)29-17-12-25(13-18-29)22-35(3,4)5)27-14-19-32-26(20-27)21-31(33(36)41-32)30-9-7-6-8-24(30)2;/h6-21H,22H2,1-5H3;1H/q+1;/p-1. The minimum absolute atomic E-state index is 0. The zero-order chi connectivity index (χ0) is 31.2. The van der Waals surface area contributed by atoms with Gasteiger partial charge in [0, 0.05) is 10.9 Å². The van der Waals surface area contributed by atoms with Crippen molar-refractivity contribution in [2.24, 2.45) is 0 Å². The number of halogens is 1. The molecule has 5 rings (SSSR count). The minimum atomic E-state index is -4.63. The lowest BCUT2D eigenvalue weighted by Gasteiger charge is -2.25. The molecule has 11 heteroatoms. The summed E-state index contributed by atoms with van der Waals surface area (Å²) in [7, 11) is -3.18. The molecule has 0 bridgehead atoms. The summed E-state index contributed by atoms with van der Waals surface area (Å²) in [5.41, 5.74) is 3.05. The van der Waals surface area contributed by atoms with Gasteiger partial charge in [-0.05, 0) is 73.5 Å². The predicted molar refractivity (Wildman–Crippen MR) is 169 cm³/mol. The molecule has 0 saturated heterocycles. The molecule has 0 N–H and O–H groups in total. The topological polar surface area (TPSA) is 102 Å². The summed E-state index contributed by atoms with van der Waals surface area (Å²) in [6, 6.07) is 25.3. The molecule has 0 atom stereocenters. The van der Waals surface area contributed by atoms with E-state index in [1.807, 2.05) is 47.1 Å². The Morgan fingerprint density at radius 1 is 0.705 bits per heavy atom. The summed E-state index contributed by atoms with van der Waals surface area (Å²) in [6.07, 6.45) is 0. The van der Waals surface area contributed by atoms with Crippen molar-refractivity contribution in [1.29, 1.82) is 0 Å². The van der Waals surface area contributed by atoms with Crippen LogP contribution in [0.3, 0.4) is 0 Å². The van der Waals surface area contributed by atoms with Crippen LogP contribution in [-0.4, -0.2) is 42.5 Å². The first kappa shape index (κ1) is 33.4. The van der Waals surface area contributed by atoms with E-state index in [1.165, 1.54) is 42.5 Å². The Morgan fingerprint density at radius 2 is 1.27 bits per heavy atom. The number of sulfonamides is 2. The first-order chi connectivity index (χ1) is 20.2. The van der Waals surface area contributed by atoms with E-state index in [4.69, 9.17) is 4.42 Å². The largest absolute Gasteiger partial charge is 1.00 e. The van der Waals surface area contributed by atoms with Crippen LogP contribution in [0.15, 0.2) is 116 Å². The number of aryl methyl sites for hydroxylation is 2. The number of rotatable bonds is 8. The Kier molecular flexibility index (Phi) is 9.46. The van der Waals surface area contributed by atoms with E-state index in [0.717, 1.165) is 16.7 Å². The number of quaternary nitrogens is 1. The minimum Gasteiger partial charge on any atom is -1.00 e. The number of anilines is 1. The Balaban J connectivity index is 0.00000442. The van der Waals surface area contributed by atoms with Crippen LogP contribution in [0.4, 0.5) is 5.69 Å². The molecule has 5 aromatic rings. The van der Waals surface area contributed by atoms with Gasteiger partial charge in [-0.2, -0.15) is 3.71 Å². The zero-order valence-electron chi connectivity index (χ0n) is 25.0. The number of hydrogen-bond donors (Lipinski definition) is 0. The van der Waals surface area contributed by atoms with Crippen molar-refractivity contribution >= 4 is 36.7 Å². The molecular weight excluding hydrogens is 711 g/mol. The molecule has 0 spiro atoms. The van der Waals surface area contributed by atoms with Crippen molar-refractivity contribution < 1.29 is 49.7 Å². The van der Waals surface area contributed by atoms with Crippen molar-refractivity contribution in [3.63, 3.8) is 0 Å². The highest BCUT2D eigenvalue weighted by Crippen LogP contribution is 2.34. The molecule has 0 aliphatic rings. The number of fused-ring (bicyclic) bond motifs is 1. The van der Waals surface area contributed by atoms with Crippen LogP contribution in [0.2, 0.25) is 0 Å². The third kappa shape index (κ3) is 6.75. The van der Waals surface area contributed by atoms with Crippen LogP contribution < -0.4 is 33.3 Å². The van der Waals surface area contributed by atoms with Crippen LogP contribution in [0, 0.1) is 13.8 Å². The quantitative estimate of drug-likeness (QED) is 0.138. The Hall–Kier alpha value is -3.52. The van der Waals surface area contributed by atoms with Crippen LogP contribution in [-0.2, 0) is 26.6 Å². The van der Waals surface area contributed by atoms with Gasteiger partial charge in [0.25, 0.3) is 20.0 Å². The summed E-state index contributed by atoms with van der Waals surface area (Å²) in [6.45, 7) is 4.33. The summed E-state index contributed by atoms with van der Waals surface area (Å²) in [5.74, 6) is 0. The normalized spacial score (nSPS) is 12.1. The first-order valence-corrected chi connectivity index (χ1v) is 16.5. The van der Waals surface area contributed by atoms with Gasteiger partial charge < -0.3 is 32.9 Å². The average molecular weight is 745 g/mol. The van der Waals surface area contributed by atoms with Gasteiger partial charge in [0.1, 0.15) is 12.1 Å². The lowest BCUT2D eigenvalue weighted by atomic mass is 10.0. The molecule has 44 heavy (non-hydrogen) atoms. The van der Waals surface area contributed by atoms with Crippen LogP contribution in [0.5, 0.6) is 0 Å². The molecule has 0 saturated carbocycles. The zero-order valence-corrected chi connectivity index (χ0v) is 28.8. The van der Waals surface area contributed by atoms with Crippen molar-refractivity contribution in [3.8, 4) is 11.1 Å². The lowest BCUT2D eigenvalue weighted by Crippen LogP contribution is -3.00. The van der Waals surface area contributed by atoms with E-state index in [-0.39, 0.29) is 50.6 Å². The fraction of sp³-hybridized carbons (Fsp3) is 0.182. The van der Waals surface area contributed by atoms with E-state index in [2.05, 4.69) is 0 Å². The second kappa shape index (κ2) is 12.5. The van der Waals surface area contributed by atoms with Gasteiger partial charge in [-0.3, -0.25) is 0 Å². The molecule has 1 heterocycles. The molecule has 8 nitrogen and oxygen atoms in total. The first-order valence-electron chi connectivity index (χ1n) is 13.6. The van der Waals surface area contributed by atoms with E-state index in [1.54, 1.807) is 42.5 Å². The highest BCUT2D eigenvalue weighted by Gasteiger charge is 2.37. The van der Waals surface area contributed by atoms with Crippen LogP contribution >= 0.6 is 0 Å². The molecule has 230 valence electrons. The highest BCUT2D eigenvalue weighted by molar-refractivity contribution is 8.10. The maximum absolute atomic E-state index is 14.2. The van der Waals surface area contributed by atoms with E-state index >= 15 is 0 Å². The Labute approximate surface area is 275 Å². The molecule has 4 aromatic carbocycles. The second-order valence-electron chi connectivity index (χ2n) is 11.6. The van der Waals surface area contributed by atoms with Crippen molar-refractivity contribution in [3.05, 3.63) is 124 Å². The summed E-state index contributed by atoms with van der Waals surface area (Å²) in [5, 5.41) is 0.368. The molecule has 0 aliphatic carbocycles. The summed E-state index contributed by atoms with van der Waals surface area (Å²) >= 11 is 0. The monoisotopic (exact) mass is 744 g/mol. The highest BCUT2D eigenvalue weighted by atomic mass is 127. The van der Waals surface area contributed by atoms with Crippen molar-refractivity contribution in [2.45, 2.75) is 30.2 Å². The maximum atomic E-state index is 14.2. The third-order valence-corrected chi connectivity index (χ3v) is 11.2. The SMILES string of the molecule is Cc1ccc(S(=O)(=O)N(c2ccc3oc(=O)c(-c4ccccc4C)cc3c2)S(=O)(=O)c2ccc(C[N+](C)(C)C)cc2)cc1.[I-]. The fourth-order valence-electron chi connectivity index (χ4n) is 4.91. The van der Waals surface area contributed by atoms with Gasteiger partial charge in [0.15, 0.2) is 0 Å². The number of benzene rings is 4. The van der Waals surface area contributed by atoms with Crippen molar-refractivity contribution in [1.82, 2.24) is 0 Å². The van der Waals surface area contributed by atoms with Gasteiger partial charge in [-0.15, -0.1) is 0 Å². The van der Waals surface area contributed by atoms with Gasteiger partial charge in [-0.25, -0.2) is 21.6 Å². The smallest absolute Gasteiger partial charge is 0.344 e. The molecule has 0 unspecified atom stereocenters. The molecular formula is C33H33IN2O6S2. The van der Waals surface area contributed by atoms with Crippen LogP contribution in [0.25, 0.3) is 22.1 Å². The molecule has 0 radical (unpaired) electrons. The van der Waals surface area contributed by atoms with Gasteiger partial charge in [-0.1, -0.05) is 54.1 Å². The molecule has 0 amide bonds. The van der Waals surface area contributed by atoms with Gasteiger partial charge in [0.05, 0.1) is 42.2 Å². The van der Waals surface area contributed by atoms with E-state index < -0.39 is 25.7 Å². The second-order valence-corrected chi connectivity index (χ2v) is 15.4. The average Bonchev–Trinajstić information content (AvgIpc) is 2.93. The molecule has 1 aromatic heterocycles. The summed E-state index contributed by atoms with van der Waals surface area (Å²) in [4.78, 5) is 12.5. The summed E-state index contributed by atoms with van der Waals surface area (Å²) < 4.78 is 63.3. The third-order valence-electron chi connectivity index (χ3n) is 7.00. The molecule has 0 fully saturated rings. The lowest BCUT2D eigenvalue weighted by molar-refractivity contribution is -0.884. The maximum Gasteiger partial charge on any atom is 0.344 e. The van der Waals surface area contributed by atoms with E-state index in [0.29, 0.717) is 25.7 Å². The Morgan fingerprint density at radius 3 is 1.84 bits per heavy atom. The molecule has 0 aliphatic heterocycles. The van der Waals surface area contributed by atoms with Crippen LogP contribution in [0.1, 0.15) is 16.7 Å². The fourth-order valence-corrected chi connectivity index (χ4v) is 8.59. The Bertz CT molecular complexity index is 2100. The van der Waals surface area contributed by atoms with Crippen molar-refractivity contribution in [2.75, 3.05) is 24.9 Å². The van der Waals surface area contributed by atoms with E-state index in [9.17, 15) is 21.6 Å². The van der Waals surface area contributed by atoms with Gasteiger partial charge >= 0.3 is 5.63 Å². The number of nitrogens with zero attached hydrogens (tertiary/aromatic N) is 2. The van der Waals surface area contributed by atoms with Gasteiger partial charge in [0.2, 0.25) is 0 Å². The predicted octanol–water partition coefficient (Wildman–Crippen LogP) is 2.87. The number of hydrogen-bond acceptors (Lipinski definition) is 6.